The molecule has 0 N–H and O–H groups in total. The number of ether oxygens (including phenoxy) is 1. The molecule has 3 aliphatic rings. The summed E-state index contributed by atoms with van der Waals surface area (Å²) in [4.78, 5) is 18.9. The molecule has 0 aliphatic carbocycles. The first-order chi connectivity index (χ1) is 13.5. The molecule has 0 amide bonds. The average Bonchev–Trinajstić information content (AvgIpc) is 2.71. The van der Waals surface area contributed by atoms with Crippen LogP contribution in [0, 0.1) is 12.3 Å². The maximum Gasteiger partial charge on any atom is 0.178 e. The Bertz CT molecular complexity index is 721. The first kappa shape index (κ1) is 20.8. The van der Waals surface area contributed by atoms with E-state index in [0.29, 0.717) is 6.61 Å². The molecule has 0 spiro atoms. The molecule has 154 valence electrons. The summed E-state index contributed by atoms with van der Waals surface area (Å²) < 4.78 is 8.18. The molecule has 4 nitrogen and oxygen atoms in total. The Morgan fingerprint density at radius 1 is 0.964 bits per heavy atom. The van der Waals surface area contributed by atoms with Crippen LogP contribution < -0.4 is 4.74 Å². The first-order valence-corrected chi connectivity index (χ1v) is 12.2. The molecule has 0 unspecified atom stereocenters. The highest BCUT2D eigenvalue weighted by Crippen LogP contribution is 2.44. The Balaban J connectivity index is 1.67. The number of hydrogen-bond donors (Lipinski definition) is 0. The number of piperidine rings is 2. The molecule has 0 aromatic heterocycles. The molecule has 4 rings (SSSR count). The van der Waals surface area contributed by atoms with Crippen LogP contribution in [0.1, 0.15) is 54.4 Å². The second-order valence-corrected chi connectivity index (χ2v) is 10.4. The summed E-state index contributed by atoms with van der Waals surface area (Å²) in [6.45, 7) is 8.53. The van der Waals surface area contributed by atoms with Gasteiger partial charge in [0.05, 0.1) is 15.5 Å². The Kier molecular flexibility index (Phi) is 6.50. The van der Waals surface area contributed by atoms with E-state index in [4.69, 9.17) is 4.74 Å². The van der Waals surface area contributed by atoms with Crippen molar-refractivity contribution in [2.24, 2.45) is 5.41 Å². The number of Topliss-reactive ketones (excluding diaryl/α,β-unsaturated/α-hetero) is 1. The molecule has 2 fully saturated rings. The van der Waals surface area contributed by atoms with Gasteiger partial charge in [-0.05, 0) is 86.3 Å². The first-order valence-electron chi connectivity index (χ1n) is 10.6. The van der Waals surface area contributed by atoms with E-state index in [-0.39, 0.29) is 5.78 Å². The molecule has 0 atom stereocenters. The number of nitrogens with zero attached hydrogens (tertiary/aromatic N) is 2. The highest BCUT2D eigenvalue weighted by Gasteiger charge is 2.47. The number of carbonyl (C=O) groups excluding carboxylic acids is 1. The van der Waals surface area contributed by atoms with Crippen LogP contribution in [0.4, 0.5) is 0 Å². The van der Waals surface area contributed by atoms with Crippen molar-refractivity contribution >= 4 is 37.6 Å². The van der Waals surface area contributed by atoms with Gasteiger partial charge in [0, 0.05) is 17.6 Å². The number of carbonyl (C=O) groups is 1. The van der Waals surface area contributed by atoms with Gasteiger partial charge in [-0.3, -0.25) is 4.79 Å². The van der Waals surface area contributed by atoms with Gasteiger partial charge in [-0.2, -0.15) is 0 Å². The Morgan fingerprint density at radius 2 is 1.50 bits per heavy atom. The van der Waals surface area contributed by atoms with Gasteiger partial charge < -0.3 is 14.5 Å². The van der Waals surface area contributed by atoms with Crippen molar-refractivity contribution < 1.29 is 9.53 Å². The maximum atomic E-state index is 13.9. The third kappa shape index (κ3) is 4.07. The number of rotatable bonds is 4. The van der Waals surface area contributed by atoms with Crippen LogP contribution in [-0.4, -0.2) is 61.5 Å². The molecular weight excluding hydrogens is 484 g/mol. The van der Waals surface area contributed by atoms with Gasteiger partial charge in [0.1, 0.15) is 12.4 Å². The zero-order valence-corrected chi connectivity index (χ0v) is 19.9. The van der Waals surface area contributed by atoms with Crippen LogP contribution in [0.5, 0.6) is 5.75 Å². The maximum absolute atomic E-state index is 13.9. The Morgan fingerprint density at radius 3 is 2.04 bits per heavy atom. The third-order valence-corrected chi connectivity index (χ3v) is 8.35. The van der Waals surface area contributed by atoms with E-state index in [9.17, 15) is 4.79 Å². The van der Waals surface area contributed by atoms with Crippen molar-refractivity contribution in [1.29, 1.82) is 0 Å². The van der Waals surface area contributed by atoms with E-state index >= 15 is 0 Å². The van der Waals surface area contributed by atoms with Gasteiger partial charge in [0.2, 0.25) is 0 Å². The quantitative estimate of drug-likeness (QED) is 0.563. The topological polar surface area (TPSA) is 32.8 Å². The van der Waals surface area contributed by atoms with Gasteiger partial charge in [0.25, 0.3) is 0 Å². The summed E-state index contributed by atoms with van der Waals surface area (Å²) in [5.41, 5.74) is 1.33. The minimum Gasteiger partial charge on any atom is -0.490 e. The molecule has 2 saturated heterocycles. The molecule has 6 heteroatoms. The van der Waals surface area contributed by atoms with Crippen molar-refractivity contribution in [1.82, 2.24) is 9.80 Å². The Hall–Kier alpha value is -0.430. The lowest BCUT2D eigenvalue weighted by Gasteiger charge is -2.44. The standard InChI is InChI=1S/C22H30Br2N2O2/c1-16-18(23)12-17-20(19(16)24)28-15-22(21(17)27,13-25-8-4-2-5-9-25)14-26-10-6-3-7-11-26/h12H,2-11,13-15H2,1H3. The molecule has 1 aromatic carbocycles. The van der Waals surface area contributed by atoms with E-state index in [1.807, 2.05) is 13.0 Å². The largest absolute Gasteiger partial charge is 0.490 e. The highest BCUT2D eigenvalue weighted by atomic mass is 79.9. The second kappa shape index (κ2) is 8.75. The zero-order valence-electron chi connectivity index (χ0n) is 16.7. The SMILES string of the molecule is Cc1c(Br)cc2c(c1Br)OCC(CN1CCCCC1)(CN1CCCCC1)C2=O. The molecule has 28 heavy (non-hydrogen) atoms. The van der Waals surface area contributed by atoms with Gasteiger partial charge in [-0.1, -0.05) is 28.8 Å². The van der Waals surface area contributed by atoms with Crippen LogP contribution in [0.15, 0.2) is 15.0 Å². The molecule has 3 heterocycles. The Labute approximate surface area is 185 Å². The lowest BCUT2D eigenvalue weighted by Crippen LogP contribution is -2.56. The van der Waals surface area contributed by atoms with Gasteiger partial charge in [0.15, 0.2) is 5.78 Å². The number of fused-ring (bicyclic) bond motifs is 1. The highest BCUT2D eigenvalue weighted by molar-refractivity contribution is 9.11. The predicted molar refractivity (Wildman–Crippen MR) is 119 cm³/mol. The normalized spacial score (nSPS) is 23.3. The fourth-order valence-electron chi connectivity index (χ4n) is 4.94. The van der Waals surface area contributed by atoms with Crippen LogP contribution in [-0.2, 0) is 0 Å². The summed E-state index contributed by atoms with van der Waals surface area (Å²) in [5, 5.41) is 0. The molecule has 0 radical (unpaired) electrons. The molecule has 3 aliphatic heterocycles. The van der Waals surface area contributed by atoms with Crippen LogP contribution in [0.3, 0.4) is 0 Å². The predicted octanol–water partition coefficient (Wildman–Crippen LogP) is 5.05. The fraction of sp³-hybridized carbons (Fsp3) is 0.682. The molecular formula is C22H30Br2N2O2. The van der Waals surface area contributed by atoms with Crippen LogP contribution in [0.25, 0.3) is 0 Å². The summed E-state index contributed by atoms with van der Waals surface area (Å²) in [6, 6.07) is 1.97. The van der Waals surface area contributed by atoms with Crippen molar-refractivity contribution in [3.63, 3.8) is 0 Å². The monoisotopic (exact) mass is 512 g/mol. The number of likely N-dealkylation sites (tertiary alicyclic amines) is 2. The zero-order chi connectivity index (χ0) is 19.7. The van der Waals surface area contributed by atoms with E-state index in [1.165, 1.54) is 38.5 Å². The summed E-state index contributed by atoms with van der Waals surface area (Å²) in [6.07, 6.45) is 7.57. The van der Waals surface area contributed by atoms with Crippen molar-refractivity contribution in [3.05, 3.63) is 26.1 Å². The van der Waals surface area contributed by atoms with Crippen LogP contribution in [0.2, 0.25) is 0 Å². The number of halogens is 2. The third-order valence-electron chi connectivity index (χ3n) is 6.57. The molecule has 1 aromatic rings. The number of hydrogen-bond acceptors (Lipinski definition) is 4. The summed E-state index contributed by atoms with van der Waals surface area (Å²) >= 11 is 7.28. The van der Waals surface area contributed by atoms with Crippen molar-refractivity contribution in [3.8, 4) is 5.75 Å². The summed E-state index contributed by atoms with van der Waals surface area (Å²) in [7, 11) is 0. The minimum atomic E-state index is -0.476. The fourth-order valence-corrected chi connectivity index (χ4v) is 6.18. The average molecular weight is 514 g/mol. The van der Waals surface area contributed by atoms with Gasteiger partial charge in [-0.15, -0.1) is 0 Å². The van der Waals surface area contributed by atoms with Crippen molar-refractivity contribution in [2.75, 3.05) is 45.9 Å². The van der Waals surface area contributed by atoms with Gasteiger partial charge >= 0.3 is 0 Å². The lowest BCUT2D eigenvalue weighted by atomic mass is 9.77. The van der Waals surface area contributed by atoms with Crippen molar-refractivity contribution in [2.45, 2.75) is 45.4 Å². The summed E-state index contributed by atoms with van der Waals surface area (Å²) in [5.74, 6) is 0.977. The van der Waals surface area contributed by atoms with E-state index in [1.54, 1.807) is 0 Å². The lowest BCUT2D eigenvalue weighted by molar-refractivity contribution is 0.0233. The van der Waals surface area contributed by atoms with Crippen LogP contribution >= 0.6 is 31.9 Å². The molecule has 0 bridgehead atoms. The van der Waals surface area contributed by atoms with Gasteiger partial charge in [-0.25, -0.2) is 0 Å². The minimum absolute atomic E-state index is 0.256. The van der Waals surface area contributed by atoms with E-state index in [2.05, 4.69) is 41.7 Å². The number of benzene rings is 1. The number of ketones is 1. The molecule has 0 saturated carbocycles. The smallest absolute Gasteiger partial charge is 0.178 e. The van der Waals surface area contributed by atoms with E-state index < -0.39 is 5.41 Å². The second-order valence-electron chi connectivity index (χ2n) is 8.75. The van der Waals surface area contributed by atoms with E-state index in [0.717, 1.165) is 65.1 Å².